The maximum absolute atomic E-state index is 12.1. The minimum atomic E-state index is -4.19. The Hall–Kier alpha value is -2.16. The van der Waals surface area contributed by atoms with E-state index in [1.807, 2.05) is 0 Å². The monoisotopic (exact) mass is 379 g/mol. The molecule has 0 fully saturated rings. The first-order chi connectivity index (χ1) is 10.5. The second kappa shape index (κ2) is 5.80. The quantitative estimate of drug-likeness (QED) is 0.542. The van der Waals surface area contributed by atoms with E-state index < -0.39 is 29.3 Å². The number of sulfonamides is 2. The molecule has 11 nitrogen and oxygen atoms in total. The van der Waals surface area contributed by atoms with Crippen LogP contribution in [0.2, 0.25) is 0 Å². The van der Waals surface area contributed by atoms with E-state index in [2.05, 4.69) is 9.50 Å². The zero-order valence-electron chi connectivity index (χ0n) is 11.3. The van der Waals surface area contributed by atoms with E-state index in [1.54, 1.807) is 0 Å². The minimum Gasteiger partial charge on any atom is -0.258 e. The Morgan fingerprint density at radius 1 is 1.26 bits per heavy atom. The highest BCUT2D eigenvalue weighted by Crippen LogP contribution is 2.17. The summed E-state index contributed by atoms with van der Waals surface area (Å²) in [5.74, 6) is 0. The zero-order chi connectivity index (χ0) is 17.4. The predicted octanol–water partition coefficient (Wildman–Crippen LogP) is -0.673. The van der Waals surface area contributed by atoms with Gasteiger partial charge >= 0.3 is 0 Å². The normalized spacial score (nSPS) is 13.2. The van der Waals surface area contributed by atoms with Gasteiger partial charge in [-0.3, -0.25) is 10.1 Å². The summed E-state index contributed by atoms with van der Waals surface area (Å²) < 4.78 is 50.6. The summed E-state index contributed by atoms with van der Waals surface area (Å²) in [6, 6.07) is 4.09. The lowest BCUT2D eigenvalue weighted by Crippen LogP contribution is -2.15. The van der Waals surface area contributed by atoms with Crippen LogP contribution in [0, 0.1) is 10.1 Å². The standard InChI is InChI=1S/C9H9N5O6S3/c1-13-8(21-9(11-13)22(10,17)18)12-23(19,20)7-4-2-6(3-5-7)14(15)16/h2-5H,1H3,(H2,10,17,18)/b12-8+. The lowest BCUT2D eigenvalue weighted by atomic mass is 10.3. The van der Waals surface area contributed by atoms with Crippen LogP contribution in [0.25, 0.3) is 0 Å². The lowest BCUT2D eigenvalue weighted by molar-refractivity contribution is -0.384. The van der Waals surface area contributed by atoms with Crippen molar-refractivity contribution in [3.63, 3.8) is 0 Å². The minimum absolute atomic E-state index is 0.215. The van der Waals surface area contributed by atoms with Gasteiger partial charge in [-0.1, -0.05) is 11.3 Å². The van der Waals surface area contributed by atoms with Gasteiger partial charge in [0.15, 0.2) is 0 Å². The van der Waals surface area contributed by atoms with Crippen LogP contribution in [0.3, 0.4) is 0 Å². The highest BCUT2D eigenvalue weighted by Gasteiger charge is 2.18. The van der Waals surface area contributed by atoms with Crippen molar-refractivity contribution in [2.24, 2.45) is 16.6 Å². The highest BCUT2D eigenvalue weighted by molar-refractivity contribution is 7.91. The molecule has 0 spiro atoms. The van der Waals surface area contributed by atoms with E-state index in [0.29, 0.717) is 11.3 Å². The second-order valence-electron chi connectivity index (χ2n) is 4.14. The fraction of sp³-hybridized carbons (Fsp3) is 0.111. The van der Waals surface area contributed by atoms with Crippen LogP contribution in [0.1, 0.15) is 0 Å². The van der Waals surface area contributed by atoms with Crippen molar-refractivity contribution in [3.8, 4) is 0 Å². The largest absolute Gasteiger partial charge is 0.285 e. The van der Waals surface area contributed by atoms with Gasteiger partial charge in [-0.2, -0.15) is 8.42 Å². The van der Waals surface area contributed by atoms with Gasteiger partial charge in [0.1, 0.15) is 0 Å². The molecule has 1 aromatic carbocycles. The fourth-order valence-corrected chi connectivity index (χ4v) is 4.19. The molecule has 0 aliphatic carbocycles. The van der Waals surface area contributed by atoms with Crippen LogP contribution in [0.5, 0.6) is 0 Å². The molecule has 0 atom stereocenters. The van der Waals surface area contributed by atoms with Crippen molar-refractivity contribution in [1.29, 1.82) is 0 Å². The van der Waals surface area contributed by atoms with Crippen LogP contribution in [0.4, 0.5) is 5.69 Å². The van der Waals surface area contributed by atoms with E-state index in [1.165, 1.54) is 7.05 Å². The Morgan fingerprint density at radius 2 is 1.83 bits per heavy atom. The van der Waals surface area contributed by atoms with Crippen molar-refractivity contribution in [2.45, 2.75) is 9.24 Å². The summed E-state index contributed by atoms with van der Waals surface area (Å²) in [5.41, 5.74) is -0.274. The first-order valence-electron chi connectivity index (χ1n) is 5.63. The number of nitrogens with zero attached hydrogens (tertiary/aromatic N) is 4. The number of hydrogen-bond donors (Lipinski definition) is 1. The first-order valence-corrected chi connectivity index (χ1v) is 9.43. The van der Waals surface area contributed by atoms with Crippen molar-refractivity contribution in [2.75, 3.05) is 0 Å². The summed E-state index contributed by atoms with van der Waals surface area (Å²) in [7, 11) is -6.98. The van der Waals surface area contributed by atoms with E-state index >= 15 is 0 Å². The smallest absolute Gasteiger partial charge is 0.258 e. The fourth-order valence-electron chi connectivity index (χ4n) is 1.42. The summed E-state index contributed by atoms with van der Waals surface area (Å²) in [6.07, 6.45) is 0. The lowest BCUT2D eigenvalue weighted by Gasteiger charge is -1.97. The molecule has 2 aromatic rings. The highest BCUT2D eigenvalue weighted by atomic mass is 32.2. The van der Waals surface area contributed by atoms with E-state index in [0.717, 1.165) is 28.9 Å². The number of non-ortho nitro benzene ring substituents is 1. The molecule has 23 heavy (non-hydrogen) atoms. The predicted molar refractivity (Wildman–Crippen MR) is 78.3 cm³/mol. The molecule has 1 heterocycles. The van der Waals surface area contributed by atoms with Crippen molar-refractivity contribution in [3.05, 3.63) is 39.2 Å². The number of aryl methyl sites for hydroxylation is 1. The number of aromatic nitrogens is 2. The van der Waals surface area contributed by atoms with Gasteiger partial charge in [0.05, 0.1) is 9.82 Å². The number of rotatable bonds is 4. The molecule has 0 radical (unpaired) electrons. The first kappa shape index (κ1) is 17.2. The molecule has 0 unspecified atom stereocenters. The zero-order valence-corrected chi connectivity index (χ0v) is 13.8. The summed E-state index contributed by atoms with van der Waals surface area (Å²) in [6.45, 7) is 0. The molecular weight excluding hydrogens is 370 g/mol. The van der Waals surface area contributed by atoms with Crippen LogP contribution < -0.4 is 9.94 Å². The van der Waals surface area contributed by atoms with Crippen LogP contribution >= 0.6 is 11.3 Å². The SMILES string of the molecule is Cn1nc(S(N)(=O)=O)s/c1=N/S(=O)(=O)c1ccc([N+](=O)[O-])cc1. The van der Waals surface area contributed by atoms with Crippen molar-refractivity contribution >= 4 is 37.1 Å². The summed E-state index contributed by atoms with van der Waals surface area (Å²) >= 11 is 0.481. The van der Waals surface area contributed by atoms with Crippen LogP contribution in [0.15, 0.2) is 37.9 Å². The van der Waals surface area contributed by atoms with Crippen molar-refractivity contribution in [1.82, 2.24) is 9.78 Å². The average Bonchev–Trinajstić information content (AvgIpc) is 2.80. The molecule has 124 valence electrons. The summed E-state index contributed by atoms with van der Waals surface area (Å²) in [5, 5.41) is 19.0. The maximum atomic E-state index is 12.1. The van der Waals surface area contributed by atoms with Crippen molar-refractivity contribution < 1.29 is 21.8 Å². The third-order valence-corrected chi connectivity index (χ3v) is 6.18. The van der Waals surface area contributed by atoms with Gasteiger partial charge in [-0.05, 0) is 12.1 Å². The van der Waals surface area contributed by atoms with Crippen LogP contribution in [-0.2, 0) is 27.1 Å². The number of benzene rings is 1. The van der Waals surface area contributed by atoms with Gasteiger partial charge in [0, 0.05) is 19.2 Å². The van der Waals surface area contributed by atoms with Gasteiger partial charge < -0.3 is 0 Å². The van der Waals surface area contributed by atoms with E-state index in [-0.39, 0.29) is 15.4 Å². The third kappa shape index (κ3) is 3.79. The third-order valence-electron chi connectivity index (χ3n) is 2.47. The Morgan fingerprint density at radius 3 is 2.26 bits per heavy atom. The Labute approximate surface area is 134 Å². The topological polar surface area (TPSA) is 168 Å². The molecule has 0 bridgehead atoms. The molecule has 0 saturated carbocycles. The Balaban J connectivity index is 2.53. The molecule has 0 aliphatic heterocycles. The number of nitrogens with two attached hydrogens (primary N) is 1. The molecule has 2 rings (SSSR count). The molecule has 2 N–H and O–H groups in total. The maximum Gasteiger partial charge on any atom is 0.285 e. The number of nitro benzene ring substituents is 1. The number of nitro groups is 1. The van der Waals surface area contributed by atoms with E-state index in [4.69, 9.17) is 5.14 Å². The number of primary sulfonamides is 1. The molecule has 0 aliphatic rings. The van der Waals surface area contributed by atoms with Gasteiger partial charge in [-0.25, -0.2) is 18.2 Å². The molecule has 0 amide bonds. The second-order valence-corrected chi connectivity index (χ2v) is 8.43. The molecule has 14 heteroatoms. The van der Waals surface area contributed by atoms with E-state index in [9.17, 15) is 26.9 Å². The van der Waals surface area contributed by atoms with Crippen LogP contribution in [-0.4, -0.2) is 31.5 Å². The Bertz CT molecular complexity index is 1030. The van der Waals surface area contributed by atoms with Gasteiger partial charge in [-0.15, -0.1) is 9.50 Å². The van der Waals surface area contributed by atoms with Gasteiger partial charge in [0.2, 0.25) is 9.14 Å². The molecule has 0 saturated heterocycles. The summed E-state index contributed by atoms with van der Waals surface area (Å²) in [4.78, 5) is 9.38. The number of hydrogen-bond acceptors (Lipinski definition) is 8. The molecular formula is C9H9N5O6S3. The molecule has 1 aromatic heterocycles. The Kier molecular flexibility index (Phi) is 4.34. The average molecular weight is 379 g/mol. The van der Waals surface area contributed by atoms with Gasteiger partial charge in [0.25, 0.3) is 25.7 Å².